The summed E-state index contributed by atoms with van der Waals surface area (Å²) in [7, 11) is -4.61. The molecule has 0 bridgehead atoms. The van der Waals surface area contributed by atoms with Gasteiger partial charge in [-0.3, -0.25) is 4.57 Å². The summed E-state index contributed by atoms with van der Waals surface area (Å²) in [5.41, 5.74) is 0. The maximum atomic E-state index is 13.6. The summed E-state index contributed by atoms with van der Waals surface area (Å²) >= 11 is 0. The molecule has 0 N–H and O–H groups in total. The average Bonchev–Trinajstić information content (AvgIpc) is 2.52. The molecule has 0 unspecified atom stereocenters. The molecule has 0 heterocycles. The van der Waals surface area contributed by atoms with E-state index < -0.39 is 69.2 Å². The van der Waals surface area contributed by atoms with Crippen molar-refractivity contribution in [2.24, 2.45) is 0 Å². The number of hydrogen-bond donors (Lipinski definition) is 0. The quantitative estimate of drug-likeness (QED) is 0.252. The summed E-state index contributed by atoms with van der Waals surface area (Å²) in [5, 5.41) is 0. The highest BCUT2D eigenvalue weighted by molar-refractivity contribution is 7.53. The predicted octanol–water partition coefficient (Wildman–Crippen LogP) is 6.38. The van der Waals surface area contributed by atoms with Crippen LogP contribution in [0.3, 0.4) is 0 Å². The first-order valence-corrected chi connectivity index (χ1v) is 9.14. The Labute approximate surface area is 155 Å². The van der Waals surface area contributed by atoms with E-state index in [0.29, 0.717) is 0 Å². The lowest BCUT2D eigenvalue weighted by molar-refractivity contribution is -0.439. The van der Waals surface area contributed by atoms with Gasteiger partial charge in [0.2, 0.25) is 0 Å². The van der Waals surface area contributed by atoms with Crippen LogP contribution < -0.4 is 0 Å². The summed E-state index contributed by atoms with van der Waals surface area (Å²) in [6.45, 7) is 1.25. The second-order valence-corrected chi connectivity index (χ2v) is 7.61. The molecule has 0 fully saturated rings. The molecule has 0 saturated heterocycles. The van der Waals surface area contributed by atoms with Gasteiger partial charge in [-0.2, -0.15) is 57.1 Å². The molecule has 0 atom stereocenters. The van der Waals surface area contributed by atoms with Crippen LogP contribution in [0.25, 0.3) is 0 Å². The zero-order valence-corrected chi connectivity index (χ0v) is 15.3. The topological polar surface area (TPSA) is 35.5 Å². The van der Waals surface area contributed by atoms with Crippen molar-refractivity contribution in [1.82, 2.24) is 0 Å². The molecule has 0 aromatic rings. The first kappa shape index (κ1) is 28.2. The molecule has 0 amide bonds. The summed E-state index contributed by atoms with van der Waals surface area (Å²) < 4.78 is 189. The van der Waals surface area contributed by atoms with Crippen LogP contribution in [-0.4, -0.2) is 55.2 Å². The van der Waals surface area contributed by atoms with Crippen LogP contribution in [0.1, 0.15) is 20.3 Å². The third-order valence-corrected chi connectivity index (χ3v) is 5.42. The van der Waals surface area contributed by atoms with Crippen molar-refractivity contribution in [3.8, 4) is 0 Å². The number of rotatable bonds is 11. The van der Waals surface area contributed by atoms with Crippen molar-refractivity contribution in [3.63, 3.8) is 0 Å². The van der Waals surface area contributed by atoms with Gasteiger partial charge in [0.05, 0.1) is 19.4 Å². The lowest BCUT2D eigenvalue weighted by Crippen LogP contribution is -2.70. The molecule has 0 spiro atoms. The highest BCUT2D eigenvalue weighted by Crippen LogP contribution is 2.61. The normalized spacial score (nSPS) is 15.7. The minimum Gasteiger partial charge on any atom is -0.309 e. The fourth-order valence-electron chi connectivity index (χ4n) is 1.80. The number of hydrogen-bond acceptors (Lipinski definition) is 3. The lowest BCUT2D eigenvalue weighted by atomic mass is 9.93. The van der Waals surface area contributed by atoms with Crippen molar-refractivity contribution >= 4 is 7.60 Å². The zero-order valence-electron chi connectivity index (χ0n) is 14.4. The number of alkyl halides is 13. The van der Waals surface area contributed by atoms with E-state index in [9.17, 15) is 61.6 Å². The monoisotopic (exact) mass is 484 g/mol. The van der Waals surface area contributed by atoms with Crippen LogP contribution in [0, 0.1) is 0 Å². The molecule has 0 radical (unpaired) electrons. The maximum Gasteiger partial charge on any atom is 0.460 e. The molecule has 0 aromatic carbocycles. The van der Waals surface area contributed by atoms with Gasteiger partial charge in [-0.1, -0.05) is 0 Å². The summed E-state index contributed by atoms with van der Waals surface area (Å²) in [4.78, 5) is 0. The molecule has 0 aromatic heterocycles. The minimum atomic E-state index is -7.96. The van der Waals surface area contributed by atoms with Gasteiger partial charge in [0.15, 0.2) is 0 Å². The standard InChI is InChI=1S/C12H14F13O3P/c1-3-27-29(26,28-4-2)6-5-7(13,14)8(15,16)9(17,18)10(19,20)11(21,22)12(23,24)25/h3-6H2,1-2H3. The van der Waals surface area contributed by atoms with Gasteiger partial charge in [-0.05, 0) is 13.8 Å². The molecule has 0 saturated carbocycles. The smallest absolute Gasteiger partial charge is 0.309 e. The third-order valence-electron chi connectivity index (χ3n) is 3.35. The Bertz CT molecular complexity index is 592. The van der Waals surface area contributed by atoms with Crippen LogP contribution >= 0.6 is 7.60 Å². The fraction of sp³-hybridized carbons (Fsp3) is 1.00. The first-order valence-electron chi connectivity index (χ1n) is 7.42. The Morgan fingerprint density at radius 2 is 0.966 bits per heavy atom. The van der Waals surface area contributed by atoms with Gasteiger partial charge < -0.3 is 9.05 Å². The van der Waals surface area contributed by atoms with E-state index in [-0.39, 0.29) is 0 Å². The average molecular weight is 484 g/mol. The zero-order chi connectivity index (χ0) is 23.7. The highest BCUT2D eigenvalue weighted by atomic mass is 31.2. The molecule has 17 heteroatoms. The highest BCUT2D eigenvalue weighted by Gasteiger charge is 2.90. The van der Waals surface area contributed by atoms with Crippen LogP contribution in [0.5, 0.6) is 0 Å². The van der Waals surface area contributed by atoms with Crippen LogP contribution in [-0.2, 0) is 13.6 Å². The van der Waals surface area contributed by atoms with Crippen molar-refractivity contribution in [1.29, 1.82) is 0 Å². The minimum absolute atomic E-state index is 0.509. The van der Waals surface area contributed by atoms with Gasteiger partial charge in [0.25, 0.3) is 0 Å². The SMILES string of the molecule is CCOP(=O)(CCC(F)(F)C(F)(F)C(F)(F)C(F)(F)C(F)(F)C(F)(F)F)OCC. The Hall–Kier alpha value is -0.760. The molecule has 0 aliphatic rings. The van der Waals surface area contributed by atoms with Crippen LogP contribution in [0.2, 0.25) is 0 Å². The maximum absolute atomic E-state index is 13.6. The molecule has 176 valence electrons. The second-order valence-electron chi connectivity index (χ2n) is 5.42. The van der Waals surface area contributed by atoms with Gasteiger partial charge in [-0.25, -0.2) is 0 Å². The van der Waals surface area contributed by atoms with E-state index in [1.165, 1.54) is 0 Å². The van der Waals surface area contributed by atoms with Crippen molar-refractivity contribution in [2.45, 2.75) is 56.1 Å². The van der Waals surface area contributed by atoms with Gasteiger partial charge in [0, 0.05) is 6.42 Å². The van der Waals surface area contributed by atoms with Crippen LogP contribution in [0.4, 0.5) is 57.1 Å². The van der Waals surface area contributed by atoms with E-state index in [1.807, 2.05) is 0 Å². The second kappa shape index (κ2) is 8.40. The van der Waals surface area contributed by atoms with E-state index in [1.54, 1.807) is 0 Å². The number of halogens is 13. The Morgan fingerprint density at radius 1 is 0.621 bits per heavy atom. The van der Waals surface area contributed by atoms with Gasteiger partial charge in [0.1, 0.15) is 0 Å². The van der Waals surface area contributed by atoms with E-state index in [4.69, 9.17) is 0 Å². The molecule has 29 heavy (non-hydrogen) atoms. The summed E-state index contributed by atoms with van der Waals surface area (Å²) in [6.07, 6.45) is -11.8. The van der Waals surface area contributed by atoms with Gasteiger partial charge in [-0.15, -0.1) is 0 Å². The third kappa shape index (κ3) is 4.94. The van der Waals surface area contributed by atoms with Crippen molar-refractivity contribution in [3.05, 3.63) is 0 Å². The Morgan fingerprint density at radius 3 is 1.28 bits per heavy atom. The molecule has 0 aliphatic carbocycles. The van der Waals surface area contributed by atoms with Crippen LogP contribution in [0.15, 0.2) is 0 Å². The molecular formula is C12H14F13O3P. The molecule has 3 nitrogen and oxygen atoms in total. The van der Waals surface area contributed by atoms with Gasteiger partial charge >= 0.3 is 43.4 Å². The van der Waals surface area contributed by atoms with E-state index >= 15 is 0 Å². The van der Waals surface area contributed by atoms with E-state index in [0.717, 1.165) is 13.8 Å². The van der Waals surface area contributed by atoms with Crippen molar-refractivity contribution in [2.75, 3.05) is 19.4 Å². The van der Waals surface area contributed by atoms with Crippen molar-refractivity contribution < 1.29 is 70.7 Å². The van der Waals surface area contributed by atoms with E-state index in [2.05, 4.69) is 9.05 Å². The molecule has 0 rings (SSSR count). The fourth-order valence-corrected chi connectivity index (χ4v) is 3.47. The predicted molar refractivity (Wildman–Crippen MR) is 71.1 cm³/mol. The Balaban J connectivity index is 6.02. The lowest BCUT2D eigenvalue weighted by Gasteiger charge is -2.39. The molecular weight excluding hydrogens is 470 g/mol. The first-order chi connectivity index (χ1) is 12.6. The largest absolute Gasteiger partial charge is 0.460 e. The summed E-state index contributed by atoms with van der Waals surface area (Å²) in [5.74, 6) is -37.3. The Kier molecular flexibility index (Phi) is 8.18. The summed E-state index contributed by atoms with van der Waals surface area (Å²) in [6, 6.07) is 0. The molecule has 0 aliphatic heterocycles.